The van der Waals surface area contributed by atoms with Gasteiger partial charge in [0.15, 0.2) is 5.76 Å². The van der Waals surface area contributed by atoms with Crippen molar-refractivity contribution in [2.24, 2.45) is 0 Å². The molecule has 0 saturated carbocycles. The molecule has 0 aliphatic rings. The van der Waals surface area contributed by atoms with Gasteiger partial charge in [-0.05, 0) is 24.6 Å². The van der Waals surface area contributed by atoms with E-state index in [1.807, 2.05) is 0 Å². The Bertz CT molecular complexity index is 510. The van der Waals surface area contributed by atoms with Crippen LogP contribution in [0.25, 0.3) is 11.3 Å². The van der Waals surface area contributed by atoms with Crippen LogP contribution in [0, 0.1) is 12.7 Å². The minimum atomic E-state index is -0.343. The van der Waals surface area contributed by atoms with E-state index in [0.29, 0.717) is 21.9 Å². The van der Waals surface area contributed by atoms with Crippen LogP contribution in [-0.2, 0) is 0 Å². The summed E-state index contributed by atoms with van der Waals surface area (Å²) in [5, 5.41) is 0.407. The Morgan fingerprint density at radius 1 is 1.47 bits per heavy atom. The second kappa shape index (κ2) is 3.55. The largest absolute Gasteiger partial charge is 0.424 e. The Morgan fingerprint density at radius 2 is 2.20 bits per heavy atom. The summed E-state index contributed by atoms with van der Waals surface area (Å²) in [6.07, 6.45) is 1.41. The lowest BCUT2D eigenvalue weighted by molar-refractivity contribution is 0.590. The van der Waals surface area contributed by atoms with Crippen molar-refractivity contribution >= 4 is 17.6 Å². The number of nitrogen functional groups attached to an aromatic ring is 1. The van der Waals surface area contributed by atoms with E-state index in [1.165, 1.54) is 18.3 Å². The van der Waals surface area contributed by atoms with Crippen LogP contribution < -0.4 is 5.73 Å². The maximum atomic E-state index is 13.3. The van der Waals surface area contributed by atoms with E-state index in [1.54, 1.807) is 6.92 Å². The highest BCUT2D eigenvalue weighted by Gasteiger charge is 2.11. The maximum absolute atomic E-state index is 13.3. The van der Waals surface area contributed by atoms with Crippen molar-refractivity contribution in [3.63, 3.8) is 0 Å². The molecule has 1 heterocycles. The Balaban J connectivity index is 2.58. The number of halogens is 2. The molecule has 3 nitrogen and oxygen atoms in total. The average molecular weight is 227 g/mol. The van der Waals surface area contributed by atoms with Crippen LogP contribution >= 0.6 is 11.6 Å². The van der Waals surface area contributed by atoms with Gasteiger partial charge in [-0.1, -0.05) is 11.6 Å². The minimum absolute atomic E-state index is 0.0297. The van der Waals surface area contributed by atoms with E-state index in [-0.39, 0.29) is 11.8 Å². The fraction of sp³-hybridized carbons (Fsp3) is 0.100. The number of aromatic nitrogens is 1. The molecule has 15 heavy (non-hydrogen) atoms. The molecule has 2 aromatic rings. The number of hydrogen-bond acceptors (Lipinski definition) is 3. The first-order chi connectivity index (χ1) is 7.08. The van der Waals surface area contributed by atoms with E-state index >= 15 is 0 Å². The van der Waals surface area contributed by atoms with Gasteiger partial charge in [-0.25, -0.2) is 9.37 Å². The molecule has 0 aliphatic carbocycles. The maximum Gasteiger partial charge on any atom is 0.292 e. The number of nitrogens with zero attached hydrogens (tertiary/aromatic N) is 1. The van der Waals surface area contributed by atoms with E-state index < -0.39 is 0 Å². The monoisotopic (exact) mass is 226 g/mol. The molecule has 2 N–H and O–H groups in total. The van der Waals surface area contributed by atoms with Gasteiger partial charge in [0.05, 0.1) is 11.2 Å². The zero-order chi connectivity index (χ0) is 11.0. The van der Waals surface area contributed by atoms with E-state index in [2.05, 4.69) is 4.98 Å². The molecule has 1 aromatic carbocycles. The molecule has 0 amide bonds. The number of rotatable bonds is 1. The Labute approximate surface area is 90.7 Å². The van der Waals surface area contributed by atoms with E-state index in [4.69, 9.17) is 21.8 Å². The van der Waals surface area contributed by atoms with Gasteiger partial charge >= 0.3 is 0 Å². The molecule has 78 valence electrons. The number of oxazole rings is 1. The topological polar surface area (TPSA) is 52.0 Å². The van der Waals surface area contributed by atoms with Gasteiger partial charge in [0, 0.05) is 5.56 Å². The molecule has 2 rings (SSSR count). The predicted molar refractivity (Wildman–Crippen MR) is 56.1 cm³/mol. The third kappa shape index (κ3) is 1.80. The summed E-state index contributed by atoms with van der Waals surface area (Å²) < 4.78 is 18.4. The van der Waals surface area contributed by atoms with Gasteiger partial charge in [-0.15, -0.1) is 0 Å². The number of aryl methyl sites for hydroxylation is 1. The summed E-state index contributed by atoms with van der Waals surface area (Å²) in [6.45, 7) is 1.64. The van der Waals surface area contributed by atoms with Gasteiger partial charge in [0.2, 0.25) is 0 Å². The van der Waals surface area contributed by atoms with Crippen LogP contribution in [0.1, 0.15) is 5.56 Å². The molecule has 0 radical (unpaired) electrons. The third-order valence-corrected chi connectivity index (χ3v) is 2.35. The summed E-state index contributed by atoms with van der Waals surface area (Å²) in [6, 6.07) is 2.87. The average Bonchev–Trinajstić information content (AvgIpc) is 2.58. The molecule has 0 bridgehead atoms. The molecular weight excluding hydrogens is 219 g/mol. The molecule has 1 aromatic heterocycles. The molecular formula is C10H8ClFN2O. The van der Waals surface area contributed by atoms with Gasteiger partial charge < -0.3 is 10.2 Å². The Morgan fingerprint density at radius 3 is 2.80 bits per heavy atom. The van der Waals surface area contributed by atoms with Crippen molar-refractivity contribution in [1.29, 1.82) is 0 Å². The zero-order valence-electron chi connectivity index (χ0n) is 7.92. The molecule has 0 aliphatic heterocycles. The van der Waals surface area contributed by atoms with Gasteiger partial charge in [0.1, 0.15) is 5.82 Å². The molecule has 0 spiro atoms. The van der Waals surface area contributed by atoms with Crippen molar-refractivity contribution in [2.75, 3.05) is 5.73 Å². The fourth-order valence-corrected chi connectivity index (χ4v) is 1.56. The fourth-order valence-electron chi connectivity index (χ4n) is 1.25. The summed E-state index contributed by atoms with van der Waals surface area (Å²) >= 11 is 5.95. The Kier molecular flexibility index (Phi) is 2.36. The van der Waals surface area contributed by atoms with Crippen molar-refractivity contribution in [3.05, 3.63) is 34.7 Å². The standard InChI is InChI=1S/C10H8ClFN2O/c1-5-2-7(11)6(3-8(5)12)9-4-14-10(13)15-9/h2-4H,1H3,(H2,13,14). The molecule has 0 unspecified atom stereocenters. The number of benzene rings is 1. The normalized spacial score (nSPS) is 10.6. The van der Waals surface area contributed by atoms with Gasteiger partial charge in [-0.3, -0.25) is 0 Å². The molecule has 0 fully saturated rings. The first-order valence-electron chi connectivity index (χ1n) is 4.25. The smallest absolute Gasteiger partial charge is 0.292 e. The van der Waals surface area contributed by atoms with Crippen LogP contribution in [0.4, 0.5) is 10.4 Å². The molecule has 0 saturated heterocycles. The van der Waals surface area contributed by atoms with Gasteiger partial charge in [-0.2, -0.15) is 0 Å². The lowest BCUT2D eigenvalue weighted by Gasteiger charge is -2.02. The second-order valence-corrected chi connectivity index (χ2v) is 3.55. The van der Waals surface area contributed by atoms with Crippen molar-refractivity contribution in [3.8, 4) is 11.3 Å². The SMILES string of the molecule is Cc1cc(Cl)c(-c2cnc(N)o2)cc1F. The number of hydrogen-bond donors (Lipinski definition) is 1. The summed E-state index contributed by atoms with van der Waals surface area (Å²) in [7, 11) is 0. The summed E-state index contributed by atoms with van der Waals surface area (Å²) in [4.78, 5) is 3.72. The summed E-state index contributed by atoms with van der Waals surface area (Å²) in [5.41, 5.74) is 6.25. The number of nitrogens with two attached hydrogens (primary N) is 1. The van der Waals surface area contributed by atoms with Crippen molar-refractivity contribution in [2.45, 2.75) is 6.92 Å². The molecule has 5 heteroatoms. The van der Waals surface area contributed by atoms with Gasteiger partial charge in [0.25, 0.3) is 6.01 Å². The first kappa shape index (κ1) is 9.98. The van der Waals surface area contributed by atoms with Crippen LogP contribution in [0.15, 0.2) is 22.7 Å². The van der Waals surface area contributed by atoms with E-state index in [9.17, 15) is 4.39 Å². The van der Waals surface area contributed by atoms with Crippen molar-refractivity contribution in [1.82, 2.24) is 4.98 Å². The lowest BCUT2D eigenvalue weighted by Crippen LogP contribution is -1.85. The minimum Gasteiger partial charge on any atom is -0.424 e. The Hall–Kier alpha value is -1.55. The quantitative estimate of drug-likeness (QED) is 0.813. The highest BCUT2D eigenvalue weighted by molar-refractivity contribution is 6.33. The lowest BCUT2D eigenvalue weighted by atomic mass is 10.1. The van der Waals surface area contributed by atoms with Crippen LogP contribution in [0.2, 0.25) is 5.02 Å². The van der Waals surface area contributed by atoms with Crippen LogP contribution in [0.5, 0.6) is 0 Å². The summed E-state index contributed by atoms with van der Waals surface area (Å²) in [5.74, 6) is 0.0146. The second-order valence-electron chi connectivity index (χ2n) is 3.14. The first-order valence-corrected chi connectivity index (χ1v) is 4.63. The number of anilines is 1. The third-order valence-electron chi connectivity index (χ3n) is 2.04. The molecule has 0 atom stereocenters. The van der Waals surface area contributed by atoms with Crippen LogP contribution in [0.3, 0.4) is 0 Å². The zero-order valence-corrected chi connectivity index (χ0v) is 8.68. The highest BCUT2D eigenvalue weighted by atomic mass is 35.5. The van der Waals surface area contributed by atoms with Crippen LogP contribution in [-0.4, -0.2) is 4.98 Å². The van der Waals surface area contributed by atoms with E-state index in [0.717, 1.165) is 0 Å². The predicted octanol–water partition coefficient (Wildman–Crippen LogP) is 3.02. The van der Waals surface area contributed by atoms with Crippen molar-refractivity contribution < 1.29 is 8.81 Å². The highest BCUT2D eigenvalue weighted by Crippen LogP contribution is 2.30.